The number of benzene rings is 4. The largest absolute Gasteiger partial charge is 0.493 e. The summed E-state index contributed by atoms with van der Waals surface area (Å²) in [5.74, 6) is 2.24. The molecule has 0 saturated heterocycles. The van der Waals surface area contributed by atoms with E-state index >= 15 is 0 Å². The highest BCUT2D eigenvalue weighted by atomic mass is 16.5. The van der Waals surface area contributed by atoms with Crippen LogP contribution in [0.15, 0.2) is 101 Å². The number of nitrogens with zero attached hydrogens (tertiary/aromatic N) is 3. The van der Waals surface area contributed by atoms with Gasteiger partial charge in [0.1, 0.15) is 5.52 Å². The fourth-order valence-electron chi connectivity index (χ4n) is 5.30. The van der Waals surface area contributed by atoms with Crippen molar-refractivity contribution >= 4 is 16.6 Å². The molecule has 0 N–H and O–H groups in total. The van der Waals surface area contributed by atoms with Gasteiger partial charge in [0.25, 0.3) is 0 Å². The van der Waals surface area contributed by atoms with Crippen LogP contribution in [0.1, 0.15) is 40.9 Å². The van der Waals surface area contributed by atoms with Crippen LogP contribution in [0.4, 0.5) is 0 Å². The predicted molar refractivity (Wildman–Crippen MR) is 143 cm³/mol. The van der Waals surface area contributed by atoms with Gasteiger partial charge >= 0.3 is 0 Å². The lowest BCUT2D eigenvalue weighted by Gasteiger charge is -2.38. The van der Waals surface area contributed by atoms with Crippen molar-refractivity contribution in [1.29, 1.82) is 0 Å². The summed E-state index contributed by atoms with van der Waals surface area (Å²) >= 11 is 0. The Morgan fingerprint density at radius 1 is 0.892 bits per heavy atom. The Morgan fingerprint density at radius 2 is 1.73 bits per heavy atom. The smallest absolute Gasteiger partial charge is 0.214 e. The highest BCUT2D eigenvalue weighted by molar-refractivity contribution is 6.02. The maximum Gasteiger partial charge on any atom is 0.214 e. The van der Waals surface area contributed by atoms with Gasteiger partial charge in [-0.1, -0.05) is 83.5 Å². The molecule has 0 amide bonds. The zero-order chi connectivity index (χ0) is 24.9. The highest BCUT2D eigenvalue weighted by Gasteiger charge is 2.42. The van der Waals surface area contributed by atoms with Crippen molar-refractivity contribution in [2.45, 2.75) is 25.6 Å². The van der Waals surface area contributed by atoms with E-state index < -0.39 is 6.23 Å². The number of ether oxygens (including phenoxy) is 2. The summed E-state index contributed by atoms with van der Waals surface area (Å²) in [6.07, 6.45) is 0.355. The van der Waals surface area contributed by atoms with Crippen LogP contribution >= 0.6 is 0 Å². The molecule has 2 atom stereocenters. The molecule has 4 aromatic carbocycles. The van der Waals surface area contributed by atoms with Gasteiger partial charge < -0.3 is 14.0 Å². The van der Waals surface area contributed by atoms with Crippen molar-refractivity contribution in [3.05, 3.63) is 113 Å². The average Bonchev–Trinajstić information content (AvgIpc) is 3.58. The summed E-state index contributed by atoms with van der Waals surface area (Å²) in [4.78, 5) is 0. The molecule has 2 aliphatic rings. The second-order valence-corrected chi connectivity index (χ2v) is 9.52. The standard InChI is InChI=1S/C31H25N3O3/c1-19-11-13-21(14-12-19)29-24-17-22(15-16-25(24)33-37-29)31-34-27(18-26(32-34)20-7-4-3-5-8-20)23-9-6-10-28(35-2)30(23)36-31/h3-17,27,31H,18H2,1-2H3/t27-,31-/m0/s1. The lowest BCUT2D eigenvalue weighted by Crippen LogP contribution is -2.33. The molecule has 3 heterocycles. The van der Waals surface area contributed by atoms with Crippen LogP contribution in [0.25, 0.3) is 22.2 Å². The first kappa shape index (κ1) is 21.7. The molecule has 1 aromatic heterocycles. The number of para-hydroxylation sites is 1. The molecule has 0 aliphatic carbocycles. The van der Waals surface area contributed by atoms with E-state index in [0.29, 0.717) is 0 Å². The van der Waals surface area contributed by atoms with Gasteiger partial charge in [-0.2, -0.15) is 5.10 Å². The zero-order valence-corrected chi connectivity index (χ0v) is 20.6. The molecular weight excluding hydrogens is 462 g/mol. The van der Waals surface area contributed by atoms with Crippen molar-refractivity contribution in [2.75, 3.05) is 7.11 Å². The number of aryl methyl sites for hydroxylation is 1. The topological polar surface area (TPSA) is 60.1 Å². The Labute approximate surface area is 214 Å². The molecule has 182 valence electrons. The molecule has 6 heteroatoms. The van der Waals surface area contributed by atoms with Crippen LogP contribution in [0, 0.1) is 6.92 Å². The van der Waals surface area contributed by atoms with Gasteiger partial charge in [-0.25, -0.2) is 5.01 Å². The number of hydrogen-bond donors (Lipinski definition) is 0. The minimum Gasteiger partial charge on any atom is -0.493 e. The first-order valence-electron chi connectivity index (χ1n) is 12.4. The average molecular weight is 488 g/mol. The van der Waals surface area contributed by atoms with Gasteiger partial charge in [-0.15, -0.1) is 0 Å². The second-order valence-electron chi connectivity index (χ2n) is 9.52. The second kappa shape index (κ2) is 8.52. The molecule has 0 spiro atoms. The number of hydrogen-bond acceptors (Lipinski definition) is 6. The predicted octanol–water partition coefficient (Wildman–Crippen LogP) is 7.05. The molecule has 37 heavy (non-hydrogen) atoms. The summed E-state index contributed by atoms with van der Waals surface area (Å²) in [5.41, 5.74) is 7.21. The summed E-state index contributed by atoms with van der Waals surface area (Å²) in [7, 11) is 1.68. The number of aromatic nitrogens is 1. The van der Waals surface area contributed by atoms with E-state index in [-0.39, 0.29) is 6.04 Å². The van der Waals surface area contributed by atoms with Gasteiger partial charge in [0.2, 0.25) is 6.23 Å². The third-order valence-electron chi connectivity index (χ3n) is 7.21. The molecule has 6 nitrogen and oxygen atoms in total. The van der Waals surface area contributed by atoms with Crippen LogP contribution in [-0.2, 0) is 0 Å². The summed E-state index contributed by atoms with van der Waals surface area (Å²) in [6, 6.07) is 30.9. The van der Waals surface area contributed by atoms with Crippen LogP contribution in [0.5, 0.6) is 11.5 Å². The maximum atomic E-state index is 6.67. The Hall–Kier alpha value is -4.58. The van der Waals surface area contributed by atoms with E-state index in [9.17, 15) is 0 Å². The minimum absolute atomic E-state index is 0.0359. The van der Waals surface area contributed by atoms with Gasteiger partial charge in [0, 0.05) is 23.1 Å². The maximum absolute atomic E-state index is 6.67. The van der Waals surface area contributed by atoms with Crippen LogP contribution in [0.2, 0.25) is 0 Å². The normalized spacial score (nSPS) is 18.2. The molecule has 7 rings (SSSR count). The molecular formula is C31H25N3O3. The number of rotatable bonds is 4. The first-order chi connectivity index (χ1) is 18.2. The molecule has 0 saturated carbocycles. The fourth-order valence-corrected chi connectivity index (χ4v) is 5.30. The van der Waals surface area contributed by atoms with Crippen molar-refractivity contribution < 1.29 is 14.0 Å². The molecule has 0 fully saturated rings. The number of hydrazone groups is 1. The summed E-state index contributed by atoms with van der Waals surface area (Å²) < 4.78 is 18.1. The lowest BCUT2D eigenvalue weighted by atomic mass is 9.95. The zero-order valence-electron chi connectivity index (χ0n) is 20.6. The molecule has 0 radical (unpaired) electrons. The van der Waals surface area contributed by atoms with E-state index in [1.54, 1.807) is 7.11 Å². The molecule has 0 bridgehead atoms. The monoisotopic (exact) mass is 487 g/mol. The Balaban J connectivity index is 1.36. The van der Waals surface area contributed by atoms with E-state index in [1.165, 1.54) is 5.56 Å². The van der Waals surface area contributed by atoms with Crippen LogP contribution < -0.4 is 9.47 Å². The van der Waals surface area contributed by atoms with E-state index in [2.05, 4.69) is 65.6 Å². The van der Waals surface area contributed by atoms with E-state index in [0.717, 1.165) is 62.5 Å². The Morgan fingerprint density at radius 3 is 2.54 bits per heavy atom. The molecule has 2 aliphatic heterocycles. The van der Waals surface area contributed by atoms with Crippen LogP contribution in [0.3, 0.4) is 0 Å². The van der Waals surface area contributed by atoms with Gasteiger partial charge in [-0.05, 0) is 30.7 Å². The Bertz CT molecular complexity index is 1640. The SMILES string of the molecule is COc1cccc2c1O[C@@H](c1ccc3noc(-c4ccc(C)cc4)c3c1)N1N=C(c3ccccc3)C[C@@H]21. The lowest BCUT2D eigenvalue weighted by molar-refractivity contribution is -0.0208. The fraction of sp³-hybridized carbons (Fsp3) is 0.161. The number of methoxy groups -OCH3 is 1. The number of fused-ring (bicyclic) bond motifs is 4. The van der Waals surface area contributed by atoms with E-state index in [1.807, 2.05) is 42.5 Å². The van der Waals surface area contributed by atoms with Gasteiger partial charge in [-0.3, -0.25) is 0 Å². The van der Waals surface area contributed by atoms with Crippen molar-refractivity contribution in [1.82, 2.24) is 10.2 Å². The Kier molecular flexibility index (Phi) is 4.99. The highest BCUT2D eigenvalue weighted by Crippen LogP contribution is 2.51. The summed E-state index contributed by atoms with van der Waals surface area (Å²) in [6.45, 7) is 2.07. The third kappa shape index (κ3) is 3.56. The van der Waals surface area contributed by atoms with Gasteiger partial charge in [0.15, 0.2) is 17.3 Å². The molecule has 5 aromatic rings. The van der Waals surface area contributed by atoms with Crippen molar-refractivity contribution in [2.24, 2.45) is 5.10 Å². The van der Waals surface area contributed by atoms with Gasteiger partial charge in [0.05, 0.1) is 24.2 Å². The first-order valence-corrected chi connectivity index (χ1v) is 12.4. The minimum atomic E-state index is -0.430. The summed E-state index contributed by atoms with van der Waals surface area (Å²) in [5, 5.41) is 12.4. The van der Waals surface area contributed by atoms with E-state index in [4.69, 9.17) is 19.1 Å². The van der Waals surface area contributed by atoms with Crippen LogP contribution in [-0.4, -0.2) is 23.0 Å². The quantitative estimate of drug-likeness (QED) is 0.272. The van der Waals surface area contributed by atoms with Crippen molar-refractivity contribution in [3.63, 3.8) is 0 Å². The third-order valence-corrected chi connectivity index (χ3v) is 7.21. The van der Waals surface area contributed by atoms with Crippen molar-refractivity contribution in [3.8, 4) is 22.8 Å². The molecule has 0 unspecified atom stereocenters.